The van der Waals surface area contributed by atoms with Gasteiger partial charge in [0.15, 0.2) is 5.65 Å². The van der Waals surface area contributed by atoms with Crippen molar-refractivity contribution in [2.45, 2.75) is 96.4 Å². The normalized spacial score (nSPS) is 25.5. The summed E-state index contributed by atoms with van der Waals surface area (Å²) in [5, 5.41) is 13.9. The lowest BCUT2D eigenvalue weighted by atomic mass is 9.76. The Bertz CT molecular complexity index is 1100. The maximum Gasteiger partial charge on any atom is 0.309 e. The molecule has 0 atom stereocenters. The van der Waals surface area contributed by atoms with Crippen LogP contribution in [0.15, 0.2) is 17.5 Å². The molecule has 1 aliphatic carbocycles. The van der Waals surface area contributed by atoms with Crippen molar-refractivity contribution in [3.63, 3.8) is 0 Å². The van der Waals surface area contributed by atoms with Crippen molar-refractivity contribution in [3.8, 4) is 0 Å². The molecular formula is C26H37N5O4. The second kappa shape index (κ2) is 9.41. The first-order chi connectivity index (χ1) is 16.8. The molecule has 190 valence electrons. The van der Waals surface area contributed by atoms with Crippen LogP contribution in [0.1, 0.15) is 78.2 Å². The van der Waals surface area contributed by atoms with Gasteiger partial charge in [0.2, 0.25) is 0 Å². The van der Waals surface area contributed by atoms with Gasteiger partial charge < -0.3 is 19.6 Å². The zero-order valence-corrected chi connectivity index (χ0v) is 21.3. The SMILES string of the molecule is CCn1ncc2c(NC3CCOCC3)c(C3=NOC4(CCC(C(=O)OC(C)(C)C)CC4)C3)cnc21. The third-order valence-electron chi connectivity index (χ3n) is 7.32. The second-order valence-electron chi connectivity index (χ2n) is 11.1. The molecule has 2 aromatic rings. The summed E-state index contributed by atoms with van der Waals surface area (Å²) in [5.41, 5.74) is 2.98. The summed E-state index contributed by atoms with van der Waals surface area (Å²) in [6, 6.07) is 0.333. The van der Waals surface area contributed by atoms with Crippen molar-refractivity contribution in [1.82, 2.24) is 14.8 Å². The van der Waals surface area contributed by atoms with E-state index >= 15 is 0 Å². The lowest BCUT2D eigenvalue weighted by Gasteiger charge is -2.35. The minimum atomic E-state index is -0.461. The van der Waals surface area contributed by atoms with Gasteiger partial charge in [-0.1, -0.05) is 5.16 Å². The fraction of sp³-hybridized carbons (Fsp3) is 0.692. The highest BCUT2D eigenvalue weighted by Gasteiger charge is 2.45. The topological polar surface area (TPSA) is 99.9 Å². The summed E-state index contributed by atoms with van der Waals surface area (Å²) in [6.07, 6.45) is 9.53. The van der Waals surface area contributed by atoms with E-state index in [0.29, 0.717) is 12.5 Å². The number of fused-ring (bicyclic) bond motifs is 1. The minimum Gasteiger partial charge on any atom is -0.460 e. The number of esters is 1. The molecule has 4 heterocycles. The fourth-order valence-electron chi connectivity index (χ4n) is 5.38. The van der Waals surface area contributed by atoms with Gasteiger partial charge in [-0.15, -0.1) is 0 Å². The van der Waals surface area contributed by atoms with E-state index in [1.54, 1.807) is 0 Å². The van der Waals surface area contributed by atoms with Gasteiger partial charge in [0.25, 0.3) is 0 Å². The van der Waals surface area contributed by atoms with Crippen molar-refractivity contribution in [3.05, 3.63) is 18.0 Å². The van der Waals surface area contributed by atoms with Crippen LogP contribution in [0.4, 0.5) is 5.69 Å². The zero-order valence-electron chi connectivity index (χ0n) is 21.3. The Labute approximate surface area is 206 Å². The molecule has 2 fully saturated rings. The number of nitrogens with one attached hydrogen (secondary N) is 1. The Morgan fingerprint density at radius 3 is 2.63 bits per heavy atom. The van der Waals surface area contributed by atoms with E-state index in [4.69, 9.17) is 19.3 Å². The molecule has 35 heavy (non-hydrogen) atoms. The molecule has 1 saturated carbocycles. The average Bonchev–Trinajstić information content (AvgIpc) is 3.44. The molecule has 2 aromatic heterocycles. The van der Waals surface area contributed by atoms with Crippen molar-refractivity contribution in [2.24, 2.45) is 11.1 Å². The van der Waals surface area contributed by atoms with Gasteiger partial charge in [0.1, 0.15) is 11.2 Å². The summed E-state index contributed by atoms with van der Waals surface area (Å²) in [5.74, 6) is -0.173. The summed E-state index contributed by atoms with van der Waals surface area (Å²) < 4.78 is 13.1. The van der Waals surface area contributed by atoms with Crippen LogP contribution >= 0.6 is 0 Å². The number of hydrogen-bond donors (Lipinski definition) is 1. The van der Waals surface area contributed by atoms with Crippen LogP contribution in [0.2, 0.25) is 0 Å². The molecule has 9 nitrogen and oxygen atoms in total. The van der Waals surface area contributed by atoms with Gasteiger partial charge in [-0.2, -0.15) is 5.10 Å². The van der Waals surface area contributed by atoms with Crippen molar-refractivity contribution in [1.29, 1.82) is 0 Å². The maximum atomic E-state index is 12.6. The van der Waals surface area contributed by atoms with Crippen LogP contribution in [-0.2, 0) is 25.7 Å². The number of oxime groups is 1. The van der Waals surface area contributed by atoms with Gasteiger partial charge in [0.05, 0.1) is 28.9 Å². The first kappa shape index (κ1) is 24.0. The average molecular weight is 484 g/mol. The first-order valence-electron chi connectivity index (χ1n) is 12.9. The monoisotopic (exact) mass is 483 g/mol. The second-order valence-corrected chi connectivity index (χ2v) is 11.1. The zero-order chi connectivity index (χ0) is 24.6. The molecule has 3 aliphatic rings. The molecule has 5 rings (SSSR count). The number of aryl methyl sites for hydroxylation is 1. The maximum absolute atomic E-state index is 12.6. The molecule has 1 spiro atoms. The van der Waals surface area contributed by atoms with Gasteiger partial charge in [0, 0.05) is 44.0 Å². The number of hydrogen-bond acceptors (Lipinski definition) is 8. The molecule has 0 unspecified atom stereocenters. The molecule has 1 saturated heterocycles. The van der Waals surface area contributed by atoms with Crippen LogP contribution in [0.5, 0.6) is 0 Å². The summed E-state index contributed by atoms with van der Waals surface area (Å²) in [7, 11) is 0. The Morgan fingerprint density at radius 2 is 1.94 bits per heavy atom. The van der Waals surface area contributed by atoms with E-state index in [1.807, 2.05) is 37.8 Å². The van der Waals surface area contributed by atoms with Crippen LogP contribution in [0.3, 0.4) is 0 Å². The van der Waals surface area contributed by atoms with Crippen molar-refractivity contribution in [2.75, 3.05) is 18.5 Å². The van der Waals surface area contributed by atoms with Crippen LogP contribution < -0.4 is 5.32 Å². The highest BCUT2D eigenvalue weighted by molar-refractivity contribution is 6.10. The van der Waals surface area contributed by atoms with E-state index in [9.17, 15) is 4.79 Å². The molecule has 2 aliphatic heterocycles. The van der Waals surface area contributed by atoms with Crippen LogP contribution in [-0.4, -0.2) is 56.9 Å². The molecule has 0 bridgehead atoms. The third-order valence-corrected chi connectivity index (χ3v) is 7.32. The highest BCUT2D eigenvalue weighted by atomic mass is 16.7. The van der Waals surface area contributed by atoms with Gasteiger partial charge in [-0.05, 0) is 66.2 Å². The van der Waals surface area contributed by atoms with Gasteiger partial charge in [-0.3, -0.25) is 4.79 Å². The standard InChI is InChI=1S/C26H37N5O4/c1-5-31-23-20(16-28-31)22(29-18-8-12-33-13-9-18)19(15-27-23)21-14-26(35-30-21)10-6-17(7-11-26)24(32)34-25(2,3)4/h15-18H,5-14H2,1-4H3,(H,27,29). The Balaban J connectivity index is 1.35. The Kier molecular flexibility index (Phi) is 6.46. The minimum absolute atomic E-state index is 0.0730. The fourth-order valence-corrected chi connectivity index (χ4v) is 5.38. The molecule has 0 radical (unpaired) electrons. The Morgan fingerprint density at radius 1 is 1.20 bits per heavy atom. The number of rotatable bonds is 5. The largest absolute Gasteiger partial charge is 0.460 e. The van der Waals surface area contributed by atoms with E-state index in [1.165, 1.54) is 0 Å². The number of nitrogens with zero attached hydrogens (tertiary/aromatic N) is 4. The molecular weight excluding hydrogens is 446 g/mol. The van der Waals surface area contributed by atoms with E-state index in [2.05, 4.69) is 22.5 Å². The predicted molar refractivity (Wildman–Crippen MR) is 133 cm³/mol. The smallest absolute Gasteiger partial charge is 0.309 e. The quantitative estimate of drug-likeness (QED) is 0.628. The molecule has 0 amide bonds. The number of carbonyl (C=O) groups is 1. The van der Waals surface area contributed by atoms with Crippen LogP contribution in [0.25, 0.3) is 11.0 Å². The van der Waals surface area contributed by atoms with Crippen LogP contribution in [0, 0.1) is 5.92 Å². The highest BCUT2D eigenvalue weighted by Crippen LogP contribution is 2.43. The van der Waals surface area contributed by atoms with Gasteiger partial charge in [-0.25, -0.2) is 9.67 Å². The summed E-state index contributed by atoms with van der Waals surface area (Å²) in [6.45, 7) is 10.1. The summed E-state index contributed by atoms with van der Waals surface area (Å²) >= 11 is 0. The first-order valence-corrected chi connectivity index (χ1v) is 12.9. The van der Waals surface area contributed by atoms with Crippen molar-refractivity contribution < 1.29 is 19.1 Å². The number of carbonyl (C=O) groups excluding carboxylic acids is 1. The number of anilines is 1. The third kappa shape index (κ3) is 5.01. The molecule has 1 N–H and O–H groups in total. The lowest BCUT2D eigenvalue weighted by molar-refractivity contribution is -0.163. The number of aromatic nitrogens is 3. The molecule has 0 aromatic carbocycles. The van der Waals surface area contributed by atoms with E-state index in [-0.39, 0.29) is 17.5 Å². The van der Waals surface area contributed by atoms with E-state index < -0.39 is 5.60 Å². The summed E-state index contributed by atoms with van der Waals surface area (Å²) in [4.78, 5) is 23.4. The Hall–Kier alpha value is -2.68. The number of ether oxygens (including phenoxy) is 2. The predicted octanol–water partition coefficient (Wildman–Crippen LogP) is 4.44. The number of pyridine rings is 1. The van der Waals surface area contributed by atoms with Crippen molar-refractivity contribution >= 4 is 28.4 Å². The van der Waals surface area contributed by atoms with Gasteiger partial charge >= 0.3 is 5.97 Å². The lowest BCUT2D eigenvalue weighted by Crippen LogP contribution is -2.38. The van der Waals surface area contributed by atoms with E-state index in [0.717, 1.165) is 86.3 Å². The molecule has 9 heteroatoms.